The van der Waals surface area contributed by atoms with Crippen LogP contribution in [0.1, 0.15) is 28.4 Å². The van der Waals surface area contributed by atoms with E-state index in [1.807, 2.05) is 43.3 Å². The van der Waals surface area contributed by atoms with Crippen molar-refractivity contribution in [2.75, 3.05) is 48.8 Å². The molecule has 1 saturated heterocycles. The molecule has 1 fully saturated rings. The molecule has 3 heterocycles. The zero-order valence-corrected chi connectivity index (χ0v) is 27.4. The molecule has 0 radical (unpaired) electrons. The second-order valence-electron chi connectivity index (χ2n) is 12.1. The number of nitrogens with one attached hydrogen (secondary N) is 4. The summed E-state index contributed by atoms with van der Waals surface area (Å²) in [6, 6.07) is 23.6. The molecule has 0 saturated carbocycles. The summed E-state index contributed by atoms with van der Waals surface area (Å²) in [5.41, 5.74) is 9.00. The van der Waals surface area contributed by atoms with Crippen molar-refractivity contribution in [2.24, 2.45) is 0 Å². The summed E-state index contributed by atoms with van der Waals surface area (Å²) < 4.78 is 0. The molecule has 10 nitrogen and oxygen atoms in total. The largest absolute Gasteiger partial charge is 0.369 e. The number of hydrogen-bond donors (Lipinski definition) is 4. The van der Waals surface area contributed by atoms with Gasteiger partial charge in [-0.25, -0.2) is 4.98 Å². The van der Waals surface area contributed by atoms with Gasteiger partial charge in [0.05, 0.1) is 11.3 Å². The van der Waals surface area contributed by atoms with Crippen LogP contribution in [0.5, 0.6) is 0 Å². The van der Waals surface area contributed by atoms with Gasteiger partial charge in [0, 0.05) is 73.9 Å². The van der Waals surface area contributed by atoms with Gasteiger partial charge in [0.15, 0.2) is 0 Å². The summed E-state index contributed by atoms with van der Waals surface area (Å²) in [5.74, 6) is -0.694. The predicted octanol–water partition coefficient (Wildman–Crippen LogP) is 5.97. The van der Waals surface area contributed by atoms with Crippen LogP contribution in [0.3, 0.4) is 0 Å². The first-order valence-corrected chi connectivity index (χ1v) is 15.9. The molecule has 244 valence electrons. The van der Waals surface area contributed by atoms with Crippen molar-refractivity contribution in [2.45, 2.75) is 20.4 Å². The highest BCUT2D eigenvalue weighted by molar-refractivity contribution is 6.07. The van der Waals surface area contributed by atoms with Crippen LogP contribution in [0.25, 0.3) is 33.4 Å². The Balaban J connectivity index is 1.35. The predicted molar refractivity (Wildman–Crippen MR) is 192 cm³/mol. The van der Waals surface area contributed by atoms with E-state index in [1.165, 1.54) is 18.7 Å². The van der Waals surface area contributed by atoms with Gasteiger partial charge in [-0.2, -0.15) is 0 Å². The molecule has 4 N–H and O–H groups in total. The zero-order valence-electron chi connectivity index (χ0n) is 27.4. The number of aromatic amines is 1. The molecule has 5 aromatic rings. The number of H-pyrrole nitrogens is 1. The lowest BCUT2D eigenvalue weighted by Gasteiger charge is -2.34. The number of likely N-dealkylation sites (N-methyl/N-ethyl adjacent to an activating group) is 1. The van der Waals surface area contributed by atoms with Crippen LogP contribution in [-0.2, 0) is 16.1 Å². The van der Waals surface area contributed by atoms with E-state index in [4.69, 9.17) is 0 Å². The maximum absolute atomic E-state index is 13.4. The smallest absolute Gasteiger partial charge is 0.253 e. The fourth-order valence-corrected chi connectivity index (χ4v) is 5.90. The molecular weight excluding hydrogens is 602 g/mol. The topological polar surface area (TPSA) is 122 Å². The number of carbonyl (C=O) groups is 3. The van der Waals surface area contributed by atoms with Crippen LogP contribution < -0.4 is 20.9 Å². The van der Waals surface area contributed by atoms with Crippen LogP contribution in [0.4, 0.5) is 17.1 Å². The van der Waals surface area contributed by atoms with Gasteiger partial charge in [0.1, 0.15) is 5.65 Å². The summed E-state index contributed by atoms with van der Waals surface area (Å²) in [6.45, 7) is 11.3. The fourth-order valence-electron chi connectivity index (χ4n) is 5.90. The number of carbonyl (C=O) groups excluding carboxylic acids is 3. The second-order valence-corrected chi connectivity index (χ2v) is 12.1. The molecule has 2 aromatic heterocycles. The van der Waals surface area contributed by atoms with Crippen molar-refractivity contribution < 1.29 is 14.4 Å². The highest BCUT2D eigenvalue weighted by Gasteiger charge is 2.20. The van der Waals surface area contributed by atoms with Crippen LogP contribution in [0.15, 0.2) is 91.6 Å². The number of nitrogens with zero attached hydrogens (tertiary/aromatic N) is 3. The number of rotatable bonds is 9. The Labute approximate surface area is 279 Å². The summed E-state index contributed by atoms with van der Waals surface area (Å²) in [7, 11) is 2.15. The molecule has 0 aliphatic carbocycles. The Hall–Kier alpha value is -5.74. The van der Waals surface area contributed by atoms with Gasteiger partial charge in [-0.15, -0.1) is 0 Å². The molecule has 3 aromatic carbocycles. The maximum Gasteiger partial charge on any atom is 0.253 e. The third kappa shape index (κ3) is 7.13. The summed E-state index contributed by atoms with van der Waals surface area (Å²) in [5, 5.41) is 9.42. The number of anilines is 3. The second kappa shape index (κ2) is 13.9. The lowest BCUT2D eigenvalue weighted by molar-refractivity contribution is -0.114. The van der Waals surface area contributed by atoms with E-state index in [1.54, 1.807) is 18.3 Å². The van der Waals surface area contributed by atoms with Gasteiger partial charge in [-0.1, -0.05) is 43.0 Å². The quantitative estimate of drug-likeness (QED) is 0.147. The zero-order chi connectivity index (χ0) is 33.8. The Bertz CT molecular complexity index is 1990. The van der Waals surface area contributed by atoms with Crippen LogP contribution in [0, 0.1) is 6.92 Å². The van der Waals surface area contributed by atoms with Crippen molar-refractivity contribution in [3.8, 4) is 22.4 Å². The molecule has 3 amide bonds. The third-order valence-electron chi connectivity index (χ3n) is 8.63. The number of amides is 3. The number of hydrogen-bond acceptors (Lipinski definition) is 6. The third-order valence-corrected chi connectivity index (χ3v) is 8.63. The van der Waals surface area contributed by atoms with E-state index in [2.05, 4.69) is 73.6 Å². The van der Waals surface area contributed by atoms with Gasteiger partial charge >= 0.3 is 0 Å². The molecule has 48 heavy (non-hydrogen) atoms. The van der Waals surface area contributed by atoms with Crippen LogP contribution in [-0.4, -0.2) is 65.8 Å². The van der Waals surface area contributed by atoms with Crippen molar-refractivity contribution in [3.63, 3.8) is 0 Å². The number of fused-ring (bicyclic) bond motifs is 1. The minimum atomic E-state index is -0.292. The molecule has 10 heteroatoms. The summed E-state index contributed by atoms with van der Waals surface area (Å²) >= 11 is 0. The minimum Gasteiger partial charge on any atom is -0.369 e. The first-order valence-electron chi connectivity index (χ1n) is 15.9. The highest BCUT2D eigenvalue weighted by Crippen LogP contribution is 2.40. The molecular formula is C38H39N7O3. The van der Waals surface area contributed by atoms with Gasteiger partial charge in [-0.05, 0) is 78.7 Å². The van der Waals surface area contributed by atoms with Gasteiger partial charge in [-0.3, -0.25) is 14.4 Å². The molecule has 6 rings (SSSR count). The number of aromatic nitrogens is 2. The monoisotopic (exact) mass is 641 g/mol. The summed E-state index contributed by atoms with van der Waals surface area (Å²) in [6.07, 6.45) is 2.82. The highest BCUT2D eigenvalue weighted by atomic mass is 16.2. The van der Waals surface area contributed by atoms with Crippen molar-refractivity contribution in [1.82, 2.24) is 20.2 Å². The normalized spacial score (nSPS) is 13.3. The molecule has 0 unspecified atom stereocenters. The average Bonchev–Trinajstić information content (AvgIpc) is 3.48. The maximum atomic E-state index is 13.4. The minimum absolute atomic E-state index is 0.141. The van der Waals surface area contributed by atoms with E-state index in [9.17, 15) is 14.4 Å². The molecule has 1 aliphatic heterocycles. The number of pyridine rings is 1. The van der Waals surface area contributed by atoms with Crippen LogP contribution in [0.2, 0.25) is 0 Å². The first kappa shape index (κ1) is 32.2. The van der Waals surface area contributed by atoms with Gasteiger partial charge in [0.25, 0.3) is 5.91 Å². The van der Waals surface area contributed by atoms with E-state index >= 15 is 0 Å². The van der Waals surface area contributed by atoms with E-state index < -0.39 is 0 Å². The lowest BCUT2D eigenvalue weighted by atomic mass is 9.96. The van der Waals surface area contributed by atoms with E-state index in [-0.39, 0.29) is 17.7 Å². The van der Waals surface area contributed by atoms with E-state index in [0.717, 1.165) is 65.1 Å². The lowest BCUT2D eigenvalue weighted by Crippen LogP contribution is -2.44. The Kier molecular flexibility index (Phi) is 9.36. The number of piperazine rings is 1. The Morgan fingerprint density at radius 2 is 1.62 bits per heavy atom. The van der Waals surface area contributed by atoms with Crippen molar-refractivity contribution in [1.29, 1.82) is 0 Å². The first-order chi connectivity index (χ1) is 23.2. The summed E-state index contributed by atoms with van der Waals surface area (Å²) in [4.78, 5) is 49.9. The van der Waals surface area contributed by atoms with Crippen molar-refractivity contribution in [3.05, 3.63) is 108 Å². The van der Waals surface area contributed by atoms with Gasteiger partial charge in [0.2, 0.25) is 11.8 Å². The molecule has 0 bridgehead atoms. The number of benzene rings is 3. The molecule has 0 atom stereocenters. The number of aryl methyl sites for hydroxylation is 1. The fraction of sp³-hybridized carbons (Fsp3) is 0.211. The molecule has 1 aliphatic rings. The van der Waals surface area contributed by atoms with Gasteiger partial charge < -0.3 is 30.7 Å². The Morgan fingerprint density at radius 1 is 0.917 bits per heavy atom. The Morgan fingerprint density at radius 3 is 2.31 bits per heavy atom. The van der Waals surface area contributed by atoms with Crippen molar-refractivity contribution >= 4 is 45.8 Å². The van der Waals surface area contributed by atoms with E-state index in [0.29, 0.717) is 29.1 Å². The SMILES string of the molecule is C=CC(=O)Nc1cc(-c2c(-c3ccc(N4CCN(C)CC4)cc3)[nH]c3ncc(C(=O)NCc4ccc(NC(C)=O)cc4)cc23)ccc1C. The standard InChI is InChI=1S/C38H39N7O3/c1-5-34(47)42-33-21-28(9-6-24(33)2)35-32-20-29(38(48)40-22-26-7-12-30(13-8-26)41-25(3)46)23-39-37(32)43-36(35)27-10-14-31(15-11-27)45-18-16-44(4)17-19-45/h5-15,20-21,23H,1,16-19,22H2,2-4H3,(H,39,43)(H,40,48)(H,41,46)(H,42,47). The van der Waals surface area contributed by atoms with Crippen LogP contribution >= 0.6 is 0 Å². The average molecular weight is 642 g/mol. The molecule has 0 spiro atoms.